The third kappa shape index (κ3) is 2.77. The van der Waals surface area contributed by atoms with Gasteiger partial charge >= 0.3 is 0 Å². The molecule has 7 heteroatoms. The first kappa shape index (κ1) is 14.7. The maximum Gasteiger partial charge on any atom is 0.148 e. The van der Waals surface area contributed by atoms with Crippen LogP contribution < -0.4 is 10.6 Å². The number of rotatable bonds is 3. The zero-order chi connectivity index (χ0) is 15.0. The van der Waals surface area contributed by atoms with Gasteiger partial charge < -0.3 is 15.4 Å². The molecule has 21 heavy (non-hydrogen) atoms. The van der Waals surface area contributed by atoms with Gasteiger partial charge in [-0.3, -0.25) is 0 Å². The van der Waals surface area contributed by atoms with Gasteiger partial charge in [0.1, 0.15) is 10.8 Å². The normalized spacial score (nSPS) is 22.7. The molecule has 3 rings (SSSR count). The van der Waals surface area contributed by atoms with Gasteiger partial charge in [-0.15, -0.1) is 11.3 Å². The Bertz CT molecular complexity index is 624. The van der Waals surface area contributed by atoms with Crippen LogP contribution in [-0.2, 0) is 4.74 Å². The number of nitrogen functional groups attached to an aromatic ring is 1. The third-order valence-electron chi connectivity index (χ3n) is 4.05. The standard InChI is InChI=1S/C14H20N4OS2/c1-8-4-5-18(6-11(8)19-3)14-12(13(15)17-21-14)10-7-20-9(2)16-10/h7-8,11H,4-6H2,1-3H3,(H2,15,17). The first-order valence-electron chi connectivity index (χ1n) is 7.05. The lowest BCUT2D eigenvalue weighted by Crippen LogP contribution is -2.43. The van der Waals surface area contributed by atoms with Gasteiger partial charge in [-0.05, 0) is 30.8 Å². The number of methoxy groups -OCH3 is 1. The van der Waals surface area contributed by atoms with Crippen molar-refractivity contribution in [3.8, 4) is 11.3 Å². The molecular formula is C14H20N4OS2. The van der Waals surface area contributed by atoms with E-state index in [0.717, 1.165) is 40.8 Å². The molecule has 2 unspecified atom stereocenters. The van der Waals surface area contributed by atoms with Gasteiger partial charge in [0.05, 0.1) is 22.4 Å². The van der Waals surface area contributed by atoms with E-state index < -0.39 is 0 Å². The molecule has 0 aliphatic carbocycles. The molecule has 0 saturated carbocycles. The highest BCUT2D eigenvalue weighted by Crippen LogP contribution is 2.41. The molecule has 1 fully saturated rings. The van der Waals surface area contributed by atoms with Crippen LogP contribution in [-0.4, -0.2) is 35.7 Å². The zero-order valence-electron chi connectivity index (χ0n) is 12.5. The Kier molecular flexibility index (Phi) is 4.14. The van der Waals surface area contributed by atoms with Crippen molar-refractivity contribution in [1.29, 1.82) is 0 Å². The molecule has 5 nitrogen and oxygen atoms in total. The second-order valence-corrected chi connectivity index (χ2v) is 7.30. The highest BCUT2D eigenvalue weighted by molar-refractivity contribution is 7.11. The second-order valence-electron chi connectivity index (χ2n) is 5.49. The maximum atomic E-state index is 6.09. The highest BCUT2D eigenvalue weighted by atomic mass is 32.1. The first-order chi connectivity index (χ1) is 10.1. The van der Waals surface area contributed by atoms with Gasteiger partial charge in [-0.2, -0.15) is 4.37 Å². The molecule has 2 aromatic heterocycles. The van der Waals surface area contributed by atoms with Crippen LogP contribution >= 0.6 is 22.9 Å². The number of thiazole rings is 1. The fourth-order valence-electron chi connectivity index (χ4n) is 2.75. The molecule has 0 bridgehead atoms. The Morgan fingerprint density at radius 3 is 2.95 bits per heavy atom. The minimum atomic E-state index is 0.257. The number of aryl methyl sites for hydroxylation is 1. The summed E-state index contributed by atoms with van der Waals surface area (Å²) in [6.07, 6.45) is 1.37. The van der Waals surface area contributed by atoms with Crippen LogP contribution in [0.4, 0.5) is 10.8 Å². The monoisotopic (exact) mass is 324 g/mol. The van der Waals surface area contributed by atoms with Crippen LogP contribution in [0.5, 0.6) is 0 Å². The van der Waals surface area contributed by atoms with Gasteiger partial charge in [0.25, 0.3) is 0 Å². The van der Waals surface area contributed by atoms with Crippen molar-refractivity contribution in [2.24, 2.45) is 5.92 Å². The van der Waals surface area contributed by atoms with Gasteiger partial charge in [0.2, 0.25) is 0 Å². The van der Waals surface area contributed by atoms with Gasteiger partial charge in [-0.25, -0.2) is 4.98 Å². The fraction of sp³-hybridized carbons (Fsp3) is 0.571. The van der Waals surface area contributed by atoms with Crippen molar-refractivity contribution in [2.45, 2.75) is 26.4 Å². The number of nitrogens with zero attached hydrogens (tertiary/aromatic N) is 3. The quantitative estimate of drug-likeness (QED) is 0.940. The van der Waals surface area contributed by atoms with Crippen molar-refractivity contribution < 1.29 is 4.74 Å². The summed E-state index contributed by atoms with van der Waals surface area (Å²) in [5, 5.41) is 4.22. The summed E-state index contributed by atoms with van der Waals surface area (Å²) in [6.45, 7) is 6.15. The molecule has 114 valence electrons. The average molecular weight is 324 g/mol. The Hall–Kier alpha value is -1.18. The Morgan fingerprint density at radius 1 is 1.48 bits per heavy atom. The molecule has 0 amide bonds. The summed E-state index contributed by atoms with van der Waals surface area (Å²) >= 11 is 3.10. The Balaban J connectivity index is 1.93. The largest absolute Gasteiger partial charge is 0.382 e. The van der Waals surface area contributed by atoms with E-state index in [-0.39, 0.29) is 6.10 Å². The third-order valence-corrected chi connectivity index (χ3v) is 5.75. The molecule has 1 aliphatic rings. The first-order valence-corrected chi connectivity index (χ1v) is 8.70. The number of hydrogen-bond acceptors (Lipinski definition) is 7. The van der Waals surface area contributed by atoms with E-state index in [4.69, 9.17) is 10.5 Å². The molecule has 0 spiro atoms. The summed E-state index contributed by atoms with van der Waals surface area (Å²) in [5.74, 6) is 1.16. The minimum absolute atomic E-state index is 0.257. The fourth-order valence-corrected chi connectivity index (χ4v) is 4.21. The molecule has 3 heterocycles. The Morgan fingerprint density at radius 2 is 2.29 bits per heavy atom. The summed E-state index contributed by atoms with van der Waals surface area (Å²) in [5.41, 5.74) is 8.01. The molecule has 1 saturated heterocycles. The molecule has 2 aromatic rings. The summed E-state index contributed by atoms with van der Waals surface area (Å²) < 4.78 is 9.96. The zero-order valence-corrected chi connectivity index (χ0v) is 14.1. The number of nitrogens with two attached hydrogens (primary N) is 1. The number of anilines is 2. The smallest absolute Gasteiger partial charge is 0.148 e. The van der Waals surface area contributed by atoms with E-state index in [0.29, 0.717) is 11.7 Å². The lowest BCUT2D eigenvalue weighted by atomic mass is 9.96. The molecule has 1 aliphatic heterocycles. The predicted octanol–water partition coefficient (Wildman–Crippen LogP) is 3.02. The van der Waals surface area contributed by atoms with Gasteiger partial charge in [-0.1, -0.05) is 6.92 Å². The van der Waals surface area contributed by atoms with E-state index in [9.17, 15) is 0 Å². The summed E-state index contributed by atoms with van der Waals surface area (Å²) in [6, 6.07) is 0. The average Bonchev–Trinajstić information content (AvgIpc) is 3.05. The van der Waals surface area contributed by atoms with E-state index in [1.807, 2.05) is 6.92 Å². The van der Waals surface area contributed by atoms with E-state index in [2.05, 4.69) is 26.6 Å². The number of piperidine rings is 1. The van der Waals surface area contributed by atoms with Crippen molar-refractivity contribution in [2.75, 3.05) is 30.8 Å². The molecule has 0 radical (unpaired) electrons. The lowest BCUT2D eigenvalue weighted by Gasteiger charge is -2.37. The van der Waals surface area contributed by atoms with Crippen LogP contribution in [0.15, 0.2) is 5.38 Å². The highest BCUT2D eigenvalue weighted by Gasteiger charge is 2.29. The van der Waals surface area contributed by atoms with E-state index in [1.54, 1.807) is 18.4 Å². The number of ether oxygens (including phenoxy) is 1. The minimum Gasteiger partial charge on any atom is -0.382 e. The van der Waals surface area contributed by atoms with Gasteiger partial charge in [0, 0.05) is 25.6 Å². The van der Waals surface area contributed by atoms with Crippen LogP contribution in [0.3, 0.4) is 0 Å². The van der Waals surface area contributed by atoms with Crippen molar-refractivity contribution in [1.82, 2.24) is 9.36 Å². The van der Waals surface area contributed by atoms with Crippen molar-refractivity contribution in [3.63, 3.8) is 0 Å². The van der Waals surface area contributed by atoms with E-state index in [1.165, 1.54) is 11.5 Å². The van der Waals surface area contributed by atoms with Crippen LogP contribution in [0.1, 0.15) is 18.4 Å². The molecule has 2 N–H and O–H groups in total. The molecular weight excluding hydrogens is 304 g/mol. The van der Waals surface area contributed by atoms with Crippen LogP contribution in [0, 0.1) is 12.8 Å². The van der Waals surface area contributed by atoms with Crippen LogP contribution in [0.2, 0.25) is 0 Å². The maximum absolute atomic E-state index is 6.09. The summed E-state index contributed by atoms with van der Waals surface area (Å²) in [4.78, 5) is 6.91. The lowest BCUT2D eigenvalue weighted by molar-refractivity contribution is 0.0500. The van der Waals surface area contributed by atoms with Crippen LogP contribution in [0.25, 0.3) is 11.3 Å². The molecule has 0 aromatic carbocycles. The van der Waals surface area contributed by atoms with E-state index >= 15 is 0 Å². The van der Waals surface area contributed by atoms with Crippen molar-refractivity contribution in [3.05, 3.63) is 10.4 Å². The van der Waals surface area contributed by atoms with Gasteiger partial charge in [0.15, 0.2) is 0 Å². The number of aromatic nitrogens is 2. The SMILES string of the molecule is COC1CN(c2snc(N)c2-c2csc(C)n2)CCC1C. The number of hydrogen-bond donors (Lipinski definition) is 1. The predicted molar refractivity (Wildman–Crippen MR) is 89.2 cm³/mol. The Labute approximate surface area is 132 Å². The topological polar surface area (TPSA) is 64.3 Å². The summed E-state index contributed by atoms with van der Waals surface area (Å²) in [7, 11) is 1.79. The molecule has 2 atom stereocenters. The van der Waals surface area contributed by atoms with Crippen molar-refractivity contribution >= 4 is 33.7 Å². The second kappa shape index (κ2) is 5.90.